The Morgan fingerprint density at radius 3 is 2.95 bits per heavy atom. The molecule has 0 fully saturated rings. The number of carbonyl (C=O) groups excluding carboxylic acids is 1. The molecule has 2 rings (SSSR count). The molecule has 0 spiro atoms. The van der Waals surface area contributed by atoms with Crippen LogP contribution in [0.3, 0.4) is 0 Å². The summed E-state index contributed by atoms with van der Waals surface area (Å²) in [5, 5.41) is 3.29. The van der Waals surface area contributed by atoms with Gasteiger partial charge in [-0.25, -0.2) is 4.98 Å². The molecular weight excluding hydrogens is 268 g/mol. The van der Waals surface area contributed by atoms with E-state index in [0.717, 1.165) is 11.4 Å². The number of H-pyrrole nitrogens is 1. The maximum absolute atomic E-state index is 11.5. The number of ether oxygens (including phenoxy) is 1. The van der Waals surface area contributed by atoms with Crippen molar-refractivity contribution in [1.29, 1.82) is 0 Å². The van der Waals surface area contributed by atoms with Gasteiger partial charge in [0, 0.05) is 33.0 Å². The fourth-order valence-corrected chi connectivity index (χ4v) is 1.74. The van der Waals surface area contributed by atoms with E-state index in [1.807, 2.05) is 24.3 Å². The molecule has 0 aliphatic carbocycles. The summed E-state index contributed by atoms with van der Waals surface area (Å²) in [7, 11) is 3.42. The van der Waals surface area contributed by atoms with E-state index in [9.17, 15) is 4.79 Å². The van der Waals surface area contributed by atoms with Crippen molar-refractivity contribution >= 4 is 5.91 Å². The van der Waals surface area contributed by atoms with Gasteiger partial charge < -0.3 is 19.9 Å². The number of hydrogen-bond donors (Lipinski definition) is 2. The minimum atomic E-state index is -0.0589. The van der Waals surface area contributed by atoms with Gasteiger partial charge in [-0.1, -0.05) is 12.1 Å². The number of benzene rings is 1. The van der Waals surface area contributed by atoms with Gasteiger partial charge in [-0.05, 0) is 17.7 Å². The van der Waals surface area contributed by atoms with Crippen LogP contribution in [0.25, 0.3) is 0 Å². The van der Waals surface area contributed by atoms with Gasteiger partial charge in [0.25, 0.3) is 5.91 Å². The summed E-state index contributed by atoms with van der Waals surface area (Å²) in [6.45, 7) is 1.44. The molecule has 2 N–H and O–H groups in total. The van der Waals surface area contributed by atoms with Crippen LogP contribution >= 0.6 is 0 Å². The molecule has 0 aliphatic heterocycles. The SMILES string of the molecule is CN(C)C(=O)COc1cccc(CNCc2ncc[nH]2)c1. The standard InChI is InChI=1S/C15H20N4O2/c1-19(2)15(20)11-21-13-5-3-4-12(8-13)9-16-10-14-17-6-7-18-14/h3-8,16H,9-11H2,1-2H3,(H,17,18). The summed E-state index contributed by atoms with van der Waals surface area (Å²) in [5.74, 6) is 1.54. The van der Waals surface area contributed by atoms with E-state index < -0.39 is 0 Å². The number of amides is 1. The summed E-state index contributed by atoms with van der Waals surface area (Å²) in [5.41, 5.74) is 1.09. The number of nitrogens with zero attached hydrogens (tertiary/aromatic N) is 2. The topological polar surface area (TPSA) is 70.2 Å². The highest BCUT2D eigenvalue weighted by atomic mass is 16.5. The molecule has 0 atom stereocenters. The fourth-order valence-electron chi connectivity index (χ4n) is 1.74. The van der Waals surface area contributed by atoms with Gasteiger partial charge in [0.05, 0.1) is 6.54 Å². The molecule has 0 unspecified atom stereocenters. The molecule has 0 aliphatic rings. The lowest BCUT2D eigenvalue weighted by molar-refractivity contribution is -0.130. The maximum Gasteiger partial charge on any atom is 0.259 e. The van der Waals surface area contributed by atoms with Crippen molar-refractivity contribution in [3.05, 3.63) is 48.0 Å². The van der Waals surface area contributed by atoms with Crippen molar-refractivity contribution in [3.8, 4) is 5.75 Å². The highest BCUT2D eigenvalue weighted by Gasteiger charge is 2.05. The summed E-state index contributed by atoms with van der Waals surface area (Å²) in [6, 6.07) is 7.70. The van der Waals surface area contributed by atoms with Crippen LogP contribution in [0, 0.1) is 0 Å². The average molecular weight is 288 g/mol. The molecule has 1 aromatic heterocycles. The first-order chi connectivity index (χ1) is 10.1. The Bertz CT molecular complexity index is 567. The number of imidazole rings is 1. The van der Waals surface area contributed by atoms with E-state index in [0.29, 0.717) is 18.8 Å². The van der Waals surface area contributed by atoms with Crippen LogP contribution in [0.2, 0.25) is 0 Å². The second-order valence-corrected chi connectivity index (χ2v) is 4.86. The number of aromatic nitrogens is 2. The molecule has 2 aromatic rings. The lowest BCUT2D eigenvalue weighted by atomic mass is 10.2. The number of aromatic amines is 1. The minimum Gasteiger partial charge on any atom is -0.484 e. The molecule has 0 bridgehead atoms. The number of carbonyl (C=O) groups is 1. The van der Waals surface area contributed by atoms with Crippen LogP contribution in [0.5, 0.6) is 5.75 Å². The minimum absolute atomic E-state index is 0.0519. The molecule has 21 heavy (non-hydrogen) atoms. The molecule has 0 saturated carbocycles. The van der Waals surface area contributed by atoms with Crippen molar-refractivity contribution < 1.29 is 9.53 Å². The molecular formula is C15H20N4O2. The van der Waals surface area contributed by atoms with E-state index in [1.54, 1.807) is 26.5 Å². The van der Waals surface area contributed by atoms with Gasteiger partial charge in [-0.15, -0.1) is 0 Å². The summed E-state index contributed by atoms with van der Waals surface area (Å²) >= 11 is 0. The second-order valence-electron chi connectivity index (χ2n) is 4.86. The van der Waals surface area contributed by atoms with Crippen molar-refractivity contribution in [3.63, 3.8) is 0 Å². The number of nitrogens with one attached hydrogen (secondary N) is 2. The first-order valence-electron chi connectivity index (χ1n) is 6.76. The lowest BCUT2D eigenvalue weighted by Crippen LogP contribution is -2.27. The van der Waals surface area contributed by atoms with Crippen LogP contribution in [-0.2, 0) is 17.9 Å². The zero-order valence-corrected chi connectivity index (χ0v) is 12.3. The van der Waals surface area contributed by atoms with Gasteiger partial charge in [-0.2, -0.15) is 0 Å². The van der Waals surface area contributed by atoms with E-state index in [-0.39, 0.29) is 12.5 Å². The normalized spacial score (nSPS) is 10.4. The molecule has 1 aromatic carbocycles. The largest absolute Gasteiger partial charge is 0.484 e. The third kappa shape index (κ3) is 4.92. The first kappa shape index (κ1) is 15.1. The Labute approximate surface area is 124 Å². The maximum atomic E-state index is 11.5. The fraction of sp³-hybridized carbons (Fsp3) is 0.333. The lowest BCUT2D eigenvalue weighted by Gasteiger charge is -2.12. The highest BCUT2D eigenvalue weighted by molar-refractivity contribution is 5.77. The van der Waals surface area contributed by atoms with Crippen molar-refractivity contribution in [2.45, 2.75) is 13.1 Å². The van der Waals surface area contributed by atoms with Crippen LogP contribution in [0.1, 0.15) is 11.4 Å². The summed E-state index contributed by atoms with van der Waals surface area (Å²) < 4.78 is 5.48. The van der Waals surface area contributed by atoms with E-state index in [2.05, 4.69) is 15.3 Å². The molecule has 1 amide bonds. The van der Waals surface area contributed by atoms with Gasteiger partial charge >= 0.3 is 0 Å². The van der Waals surface area contributed by atoms with Crippen LogP contribution < -0.4 is 10.1 Å². The Morgan fingerprint density at radius 1 is 1.38 bits per heavy atom. The second kappa shape index (κ2) is 7.44. The Hall–Kier alpha value is -2.34. The van der Waals surface area contributed by atoms with Gasteiger partial charge in [-0.3, -0.25) is 4.79 Å². The first-order valence-corrected chi connectivity index (χ1v) is 6.76. The van der Waals surface area contributed by atoms with E-state index >= 15 is 0 Å². The quantitative estimate of drug-likeness (QED) is 0.802. The molecule has 0 saturated heterocycles. The highest BCUT2D eigenvalue weighted by Crippen LogP contribution is 2.13. The van der Waals surface area contributed by atoms with Gasteiger partial charge in [0.15, 0.2) is 6.61 Å². The number of hydrogen-bond acceptors (Lipinski definition) is 4. The average Bonchev–Trinajstić information content (AvgIpc) is 2.98. The van der Waals surface area contributed by atoms with E-state index in [1.165, 1.54) is 4.90 Å². The molecule has 1 heterocycles. The third-order valence-electron chi connectivity index (χ3n) is 2.94. The molecule has 6 heteroatoms. The van der Waals surface area contributed by atoms with E-state index in [4.69, 9.17) is 4.74 Å². The van der Waals surface area contributed by atoms with Crippen molar-refractivity contribution in [1.82, 2.24) is 20.2 Å². The van der Waals surface area contributed by atoms with Crippen LogP contribution in [-0.4, -0.2) is 41.5 Å². The third-order valence-corrected chi connectivity index (χ3v) is 2.94. The predicted molar refractivity (Wildman–Crippen MR) is 79.8 cm³/mol. The summed E-state index contributed by atoms with van der Waals surface area (Å²) in [4.78, 5) is 20.2. The zero-order chi connectivity index (χ0) is 15.1. The Morgan fingerprint density at radius 2 is 2.24 bits per heavy atom. The molecule has 112 valence electrons. The molecule has 6 nitrogen and oxygen atoms in total. The van der Waals surface area contributed by atoms with Crippen molar-refractivity contribution in [2.75, 3.05) is 20.7 Å². The number of likely N-dealkylation sites (N-methyl/N-ethyl adjacent to an activating group) is 1. The van der Waals surface area contributed by atoms with Gasteiger partial charge in [0.1, 0.15) is 11.6 Å². The monoisotopic (exact) mass is 288 g/mol. The Balaban J connectivity index is 1.81. The van der Waals surface area contributed by atoms with Crippen LogP contribution in [0.15, 0.2) is 36.7 Å². The zero-order valence-electron chi connectivity index (χ0n) is 12.3. The predicted octanol–water partition coefficient (Wildman–Crippen LogP) is 1.17. The Kier molecular flexibility index (Phi) is 5.34. The van der Waals surface area contributed by atoms with Crippen LogP contribution in [0.4, 0.5) is 0 Å². The number of rotatable bonds is 7. The van der Waals surface area contributed by atoms with Crippen molar-refractivity contribution in [2.24, 2.45) is 0 Å². The smallest absolute Gasteiger partial charge is 0.259 e. The van der Waals surface area contributed by atoms with Gasteiger partial charge in [0.2, 0.25) is 0 Å². The molecule has 0 radical (unpaired) electrons. The summed E-state index contributed by atoms with van der Waals surface area (Å²) in [6.07, 6.45) is 3.53.